The predicted octanol–water partition coefficient (Wildman–Crippen LogP) is 3.72. The monoisotopic (exact) mass is 422 g/mol. The fourth-order valence-corrected chi connectivity index (χ4v) is 3.46. The summed E-state index contributed by atoms with van der Waals surface area (Å²) in [7, 11) is 0. The summed E-state index contributed by atoms with van der Waals surface area (Å²) < 4.78 is 16.1. The summed E-state index contributed by atoms with van der Waals surface area (Å²) in [6.45, 7) is 3.17. The quantitative estimate of drug-likeness (QED) is 0.564. The number of rotatable bonds is 6. The fraction of sp³-hybridized carbons (Fsp3) is 0.316. The van der Waals surface area contributed by atoms with Crippen LogP contribution >= 0.6 is 22.9 Å². The molecule has 1 aromatic heterocycles. The van der Waals surface area contributed by atoms with Crippen molar-refractivity contribution < 1.29 is 23.8 Å². The number of carbonyl (C=O) groups is 2. The highest BCUT2D eigenvalue weighted by molar-refractivity contribution is 7.14. The summed E-state index contributed by atoms with van der Waals surface area (Å²) in [5, 5.41) is 5.21. The van der Waals surface area contributed by atoms with E-state index in [1.807, 2.05) is 0 Å². The molecule has 148 valence electrons. The molecule has 0 spiro atoms. The number of hydrogen-bond donors (Lipinski definition) is 1. The molecule has 1 aliphatic rings. The number of aromatic nitrogens is 1. The second-order valence-electron chi connectivity index (χ2n) is 5.83. The maximum Gasteiger partial charge on any atom is 0.311 e. The first-order valence-electron chi connectivity index (χ1n) is 8.73. The van der Waals surface area contributed by atoms with Crippen molar-refractivity contribution in [1.29, 1.82) is 0 Å². The molecule has 28 heavy (non-hydrogen) atoms. The number of ether oxygens (including phenoxy) is 3. The number of fused-ring (bicyclic) bond motifs is 1. The Morgan fingerprint density at radius 3 is 3.00 bits per heavy atom. The van der Waals surface area contributed by atoms with Crippen molar-refractivity contribution in [2.24, 2.45) is 0 Å². The Morgan fingerprint density at radius 1 is 1.36 bits per heavy atom. The highest BCUT2D eigenvalue weighted by Crippen LogP contribution is 2.38. The van der Waals surface area contributed by atoms with E-state index in [9.17, 15) is 9.59 Å². The molecule has 9 heteroatoms. The molecule has 3 rings (SSSR count). The molecule has 0 saturated carbocycles. The van der Waals surface area contributed by atoms with Gasteiger partial charge in [-0.2, -0.15) is 0 Å². The van der Waals surface area contributed by atoms with Gasteiger partial charge < -0.3 is 14.2 Å². The molecule has 0 bridgehead atoms. The third-order valence-corrected chi connectivity index (χ3v) is 4.75. The van der Waals surface area contributed by atoms with Crippen LogP contribution < -0.4 is 14.8 Å². The summed E-state index contributed by atoms with van der Waals surface area (Å²) in [4.78, 5) is 27.8. The first kappa shape index (κ1) is 20.2. The van der Waals surface area contributed by atoms with E-state index < -0.39 is 0 Å². The van der Waals surface area contributed by atoms with Crippen molar-refractivity contribution in [3.05, 3.63) is 39.9 Å². The van der Waals surface area contributed by atoms with E-state index in [1.165, 1.54) is 17.4 Å². The average Bonchev–Trinajstić information content (AvgIpc) is 2.93. The van der Waals surface area contributed by atoms with Crippen LogP contribution in [-0.4, -0.2) is 36.7 Å². The lowest BCUT2D eigenvalue weighted by Gasteiger charge is -2.09. The maximum atomic E-state index is 12.1. The van der Waals surface area contributed by atoms with Crippen LogP contribution in [0.15, 0.2) is 23.6 Å². The van der Waals surface area contributed by atoms with Gasteiger partial charge >= 0.3 is 5.97 Å². The van der Waals surface area contributed by atoms with Gasteiger partial charge in [-0.15, -0.1) is 11.3 Å². The molecule has 1 amide bonds. The number of carbonyl (C=O) groups excluding carboxylic acids is 2. The van der Waals surface area contributed by atoms with Crippen molar-refractivity contribution in [3.63, 3.8) is 0 Å². The Hall–Kier alpha value is -2.58. The molecule has 0 saturated heterocycles. The Labute approximate surface area is 171 Å². The SMILES string of the molecule is CCOC(=O)Cc1csc(NC(=O)/C=C/c2cc(Cl)c3c(c2)OCCCO3)n1. The lowest BCUT2D eigenvalue weighted by molar-refractivity contribution is -0.142. The van der Waals surface area contributed by atoms with Crippen LogP contribution in [0.2, 0.25) is 5.02 Å². The van der Waals surface area contributed by atoms with Crippen LogP contribution in [0.3, 0.4) is 0 Å². The summed E-state index contributed by atoms with van der Waals surface area (Å²) in [5.41, 5.74) is 1.27. The number of nitrogens with one attached hydrogen (secondary N) is 1. The number of nitrogens with zero attached hydrogens (tertiary/aromatic N) is 1. The number of benzene rings is 1. The summed E-state index contributed by atoms with van der Waals surface area (Å²) in [6.07, 6.45) is 3.86. The largest absolute Gasteiger partial charge is 0.489 e. The van der Waals surface area contributed by atoms with Crippen LogP contribution in [-0.2, 0) is 20.7 Å². The van der Waals surface area contributed by atoms with Gasteiger partial charge in [0, 0.05) is 17.9 Å². The second kappa shape index (κ2) is 9.57. The lowest BCUT2D eigenvalue weighted by Crippen LogP contribution is -2.09. The molecule has 0 radical (unpaired) electrons. The first-order chi connectivity index (χ1) is 13.5. The molecular formula is C19H19ClN2O5S. The molecule has 2 aromatic rings. The zero-order valence-electron chi connectivity index (χ0n) is 15.2. The number of thiazole rings is 1. The fourth-order valence-electron chi connectivity index (χ4n) is 2.47. The van der Waals surface area contributed by atoms with Gasteiger partial charge in [0.25, 0.3) is 0 Å². The van der Waals surface area contributed by atoms with Crippen molar-refractivity contribution in [1.82, 2.24) is 4.98 Å². The van der Waals surface area contributed by atoms with Gasteiger partial charge in [-0.05, 0) is 30.7 Å². The molecule has 2 heterocycles. The van der Waals surface area contributed by atoms with E-state index in [4.69, 9.17) is 25.8 Å². The van der Waals surface area contributed by atoms with Gasteiger partial charge in [0.05, 0.1) is 37.0 Å². The van der Waals surface area contributed by atoms with Crippen molar-refractivity contribution in [2.75, 3.05) is 25.1 Å². The zero-order chi connectivity index (χ0) is 19.9. The maximum absolute atomic E-state index is 12.1. The minimum absolute atomic E-state index is 0.0751. The molecule has 7 nitrogen and oxygen atoms in total. The zero-order valence-corrected chi connectivity index (χ0v) is 16.8. The third kappa shape index (κ3) is 5.46. The summed E-state index contributed by atoms with van der Waals surface area (Å²) in [5.74, 6) is 0.392. The normalized spacial score (nSPS) is 13.2. The number of anilines is 1. The van der Waals surface area contributed by atoms with Crippen molar-refractivity contribution >= 4 is 46.0 Å². The molecule has 1 aliphatic heterocycles. The molecule has 0 unspecified atom stereocenters. The molecule has 0 atom stereocenters. The van der Waals surface area contributed by atoms with E-state index in [1.54, 1.807) is 30.5 Å². The average molecular weight is 423 g/mol. The molecule has 0 fully saturated rings. The van der Waals surface area contributed by atoms with Crippen LogP contribution in [0.25, 0.3) is 6.08 Å². The van der Waals surface area contributed by atoms with Crippen molar-refractivity contribution in [2.45, 2.75) is 19.8 Å². The van der Waals surface area contributed by atoms with E-state index >= 15 is 0 Å². The number of halogens is 1. The Bertz CT molecular complexity index is 896. The Morgan fingerprint density at radius 2 is 2.18 bits per heavy atom. The van der Waals surface area contributed by atoms with Gasteiger partial charge in [0.1, 0.15) is 0 Å². The van der Waals surface area contributed by atoms with Crippen molar-refractivity contribution in [3.8, 4) is 11.5 Å². The Balaban J connectivity index is 1.61. The van der Waals surface area contributed by atoms with Gasteiger partial charge in [0.15, 0.2) is 16.6 Å². The number of amides is 1. The van der Waals surface area contributed by atoms with E-state index in [2.05, 4.69) is 10.3 Å². The lowest BCUT2D eigenvalue weighted by atomic mass is 10.2. The van der Waals surface area contributed by atoms with Crippen LogP contribution in [0.4, 0.5) is 5.13 Å². The standard InChI is InChI=1S/C19H19ClN2O5S/c1-2-25-17(24)10-13-11-28-19(21-13)22-16(23)5-4-12-8-14(20)18-15(9-12)26-6-3-7-27-18/h4-5,8-9,11H,2-3,6-7,10H2,1H3,(H,21,22,23)/b5-4+. The summed E-state index contributed by atoms with van der Waals surface area (Å²) in [6, 6.07) is 3.48. The minimum atomic E-state index is -0.350. The molecule has 0 aliphatic carbocycles. The highest BCUT2D eigenvalue weighted by atomic mass is 35.5. The van der Waals surface area contributed by atoms with Crippen LogP contribution in [0.1, 0.15) is 24.6 Å². The molecule has 1 aromatic carbocycles. The van der Waals surface area contributed by atoms with E-state index in [0.29, 0.717) is 52.7 Å². The predicted molar refractivity (Wildman–Crippen MR) is 107 cm³/mol. The number of hydrogen-bond acceptors (Lipinski definition) is 7. The van der Waals surface area contributed by atoms with E-state index in [-0.39, 0.29) is 18.3 Å². The van der Waals surface area contributed by atoms with E-state index in [0.717, 1.165) is 6.42 Å². The summed E-state index contributed by atoms with van der Waals surface area (Å²) >= 11 is 7.49. The third-order valence-electron chi connectivity index (χ3n) is 3.66. The number of esters is 1. The highest BCUT2D eigenvalue weighted by Gasteiger charge is 2.15. The first-order valence-corrected chi connectivity index (χ1v) is 9.99. The van der Waals surface area contributed by atoms with Gasteiger partial charge in [-0.3, -0.25) is 14.9 Å². The van der Waals surface area contributed by atoms with Gasteiger partial charge in [0.2, 0.25) is 5.91 Å². The molecule has 1 N–H and O–H groups in total. The van der Waals surface area contributed by atoms with Crippen LogP contribution in [0.5, 0.6) is 11.5 Å². The minimum Gasteiger partial charge on any atom is -0.489 e. The van der Waals surface area contributed by atoms with Gasteiger partial charge in [-0.1, -0.05) is 11.6 Å². The molecular weight excluding hydrogens is 404 g/mol. The van der Waals surface area contributed by atoms with Crippen LogP contribution in [0, 0.1) is 0 Å². The van der Waals surface area contributed by atoms with Gasteiger partial charge in [-0.25, -0.2) is 4.98 Å². The Kier molecular flexibility index (Phi) is 6.89. The second-order valence-corrected chi connectivity index (χ2v) is 7.09. The topological polar surface area (TPSA) is 86.8 Å². The smallest absolute Gasteiger partial charge is 0.311 e.